The zero-order valence-corrected chi connectivity index (χ0v) is 17.4. The topological polar surface area (TPSA) is 103 Å². The highest BCUT2D eigenvalue weighted by Gasteiger charge is 2.28. The van der Waals surface area contributed by atoms with Gasteiger partial charge in [-0.2, -0.15) is 0 Å². The lowest BCUT2D eigenvalue weighted by molar-refractivity contribution is 0.100. The molecule has 1 atom stereocenters. The van der Waals surface area contributed by atoms with Crippen molar-refractivity contribution >= 4 is 17.7 Å². The van der Waals surface area contributed by atoms with Crippen LogP contribution >= 0.6 is 0 Å². The third-order valence-electron chi connectivity index (χ3n) is 5.23. The highest BCUT2D eigenvalue weighted by Crippen LogP contribution is 2.31. The Morgan fingerprint density at radius 3 is 2.57 bits per heavy atom. The van der Waals surface area contributed by atoms with Gasteiger partial charge in [-0.3, -0.25) is 4.79 Å². The molecule has 0 bridgehead atoms. The number of carbonyl (C=O) groups excluding carboxylic acids is 2. The molecule has 1 fully saturated rings. The van der Waals surface area contributed by atoms with Crippen LogP contribution < -0.4 is 20.5 Å². The molecule has 1 aliphatic heterocycles. The highest BCUT2D eigenvalue weighted by atomic mass is 16.5. The number of ether oxygens (including phenoxy) is 3. The van der Waals surface area contributed by atoms with Crippen LogP contribution in [0.25, 0.3) is 0 Å². The summed E-state index contributed by atoms with van der Waals surface area (Å²) < 4.78 is 15.5. The average molecular weight is 413 g/mol. The molecular weight excluding hydrogens is 386 g/mol. The number of methoxy groups -OCH3 is 3. The predicted octanol–water partition coefficient (Wildman–Crippen LogP) is 2.65. The predicted molar refractivity (Wildman–Crippen MR) is 113 cm³/mol. The Morgan fingerprint density at radius 1 is 1.13 bits per heavy atom. The van der Waals surface area contributed by atoms with Gasteiger partial charge in [0.05, 0.1) is 32.6 Å². The van der Waals surface area contributed by atoms with E-state index in [4.69, 9.17) is 19.9 Å². The molecule has 2 amide bonds. The smallest absolute Gasteiger partial charge is 0.409 e. The minimum absolute atomic E-state index is 0.00578. The summed E-state index contributed by atoms with van der Waals surface area (Å²) >= 11 is 0. The summed E-state index contributed by atoms with van der Waals surface area (Å²) in [7, 11) is 4.55. The van der Waals surface area contributed by atoms with E-state index in [9.17, 15) is 9.59 Å². The molecule has 2 aromatic rings. The van der Waals surface area contributed by atoms with Crippen LogP contribution in [-0.2, 0) is 11.2 Å². The fraction of sp³-hybridized carbons (Fsp3) is 0.364. The van der Waals surface area contributed by atoms with Crippen molar-refractivity contribution in [3.8, 4) is 11.5 Å². The largest absolute Gasteiger partial charge is 0.493 e. The van der Waals surface area contributed by atoms with E-state index in [2.05, 4.69) is 5.32 Å². The molecule has 1 aliphatic rings. The quantitative estimate of drug-likeness (QED) is 0.723. The summed E-state index contributed by atoms with van der Waals surface area (Å²) in [6.07, 6.45) is 0.961. The summed E-state index contributed by atoms with van der Waals surface area (Å²) in [5.74, 6) is 0.786. The van der Waals surface area contributed by atoms with Gasteiger partial charge in [-0.1, -0.05) is 18.2 Å². The van der Waals surface area contributed by atoms with Crippen LogP contribution in [-0.4, -0.2) is 57.4 Å². The van der Waals surface area contributed by atoms with Crippen LogP contribution in [0, 0.1) is 0 Å². The van der Waals surface area contributed by atoms with E-state index in [1.807, 2.05) is 30.3 Å². The van der Waals surface area contributed by atoms with E-state index in [1.54, 1.807) is 25.2 Å². The van der Waals surface area contributed by atoms with Crippen molar-refractivity contribution in [2.24, 2.45) is 5.73 Å². The number of benzene rings is 2. The zero-order valence-electron chi connectivity index (χ0n) is 17.4. The fourth-order valence-corrected chi connectivity index (χ4v) is 3.71. The van der Waals surface area contributed by atoms with Crippen molar-refractivity contribution in [3.63, 3.8) is 0 Å². The summed E-state index contributed by atoms with van der Waals surface area (Å²) in [6.45, 7) is 1.09. The maximum Gasteiger partial charge on any atom is 0.409 e. The fourth-order valence-electron chi connectivity index (χ4n) is 3.71. The van der Waals surface area contributed by atoms with Crippen LogP contribution in [0.2, 0.25) is 0 Å². The van der Waals surface area contributed by atoms with E-state index in [1.165, 1.54) is 7.11 Å². The van der Waals surface area contributed by atoms with Gasteiger partial charge in [-0.25, -0.2) is 4.79 Å². The Balaban J connectivity index is 1.88. The second-order valence-electron chi connectivity index (χ2n) is 7.12. The van der Waals surface area contributed by atoms with Crippen molar-refractivity contribution in [2.75, 3.05) is 39.7 Å². The molecular formula is C22H27N3O5. The first-order chi connectivity index (χ1) is 14.5. The third kappa shape index (κ3) is 4.59. The molecule has 1 heterocycles. The van der Waals surface area contributed by atoms with Gasteiger partial charge in [0.15, 0.2) is 11.5 Å². The Kier molecular flexibility index (Phi) is 6.66. The second kappa shape index (κ2) is 9.39. The maximum atomic E-state index is 12.1. The first-order valence-electron chi connectivity index (χ1n) is 9.68. The van der Waals surface area contributed by atoms with E-state index in [0.29, 0.717) is 42.3 Å². The van der Waals surface area contributed by atoms with E-state index < -0.39 is 5.91 Å². The van der Waals surface area contributed by atoms with Crippen molar-refractivity contribution in [3.05, 3.63) is 53.1 Å². The van der Waals surface area contributed by atoms with Crippen molar-refractivity contribution in [1.82, 2.24) is 4.90 Å². The maximum absolute atomic E-state index is 12.1. The third-order valence-corrected chi connectivity index (χ3v) is 5.23. The molecule has 1 unspecified atom stereocenters. The summed E-state index contributed by atoms with van der Waals surface area (Å²) in [6, 6.07) is 11.2. The number of hydrogen-bond donors (Lipinski definition) is 2. The highest BCUT2D eigenvalue weighted by molar-refractivity contribution is 5.99. The summed E-state index contributed by atoms with van der Waals surface area (Å²) in [5.41, 5.74) is 8.67. The minimum Gasteiger partial charge on any atom is -0.493 e. The van der Waals surface area contributed by atoms with Gasteiger partial charge in [-0.15, -0.1) is 0 Å². The standard InChI is InChI=1S/C22H27N3O5/c1-28-18-8-7-14(12-19(18)29-2)11-15-5-4-6-17(21(23)26)20(15)24-16-9-10-25(13-16)22(27)30-3/h4-8,12,16,24H,9-11,13H2,1-3H3,(H2,23,26). The van der Waals surface area contributed by atoms with E-state index in [0.717, 1.165) is 17.5 Å². The Hall–Kier alpha value is -3.42. The molecule has 3 N–H and O–H groups in total. The molecule has 0 radical (unpaired) electrons. The molecule has 8 nitrogen and oxygen atoms in total. The Morgan fingerprint density at radius 2 is 1.90 bits per heavy atom. The number of likely N-dealkylation sites (tertiary alicyclic amines) is 1. The molecule has 8 heteroatoms. The van der Waals surface area contributed by atoms with Gasteiger partial charge in [-0.05, 0) is 42.2 Å². The van der Waals surface area contributed by atoms with Gasteiger partial charge < -0.3 is 30.2 Å². The number of para-hydroxylation sites is 1. The lowest BCUT2D eigenvalue weighted by Crippen LogP contribution is -2.32. The molecule has 0 aliphatic carbocycles. The molecule has 1 saturated heterocycles. The van der Waals surface area contributed by atoms with Crippen molar-refractivity contribution < 1.29 is 23.8 Å². The number of nitrogens with one attached hydrogen (secondary N) is 1. The molecule has 160 valence electrons. The molecule has 2 aromatic carbocycles. The number of rotatable bonds is 7. The van der Waals surface area contributed by atoms with Crippen LogP contribution in [0.15, 0.2) is 36.4 Å². The van der Waals surface area contributed by atoms with Gasteiger partial charge in [0.1, 0.15) is 0 Å². The number of amides is 2. The Bertz CT molecular complexity index is 931. The van der Waals surface area contributed by atoms with Gasteiger partial charge >= 0.3 is 6.09 Å². The SMILES string of the molecule is COC(=O)N1CCC(Nc2c(Cc3ccc(OC)c(OC)c3)cccc2C(N)=O)C1. The lowest BCUT2D eigenvalue weighted by Gasteiger charge is -2.21. The minimum atomic E-state index is -0.505. The summed E-state index contributed by atoms with van der Waals surface area (Å²) in [5, 5.41) is 3.43. The van der Waals surface area contributed by atoms with Crippen LogP contribution in [0.1, 0.15) is 27.9 Å². The number of primary amides is 1. The molecule has 0 aromatic heterocycles. The first kappa shape index (κ1) is 21.3. The normalized spacial score (nSPS) is 15.6. The van der Waals surface area contributed by atoms with Gasteiger partial charge in [0.2, 0.25) is 0 Å². The zero-order chi connectivity index (χ0) is 21.7. The molecule has 0 saturated carbocycles. The second-order valence-corrected chi connectivity index (χ2v) is 7.12. The number of carbonyl (C=O) groups is 2. The Labute approximate surface area is 175 Å². The van der Waals surface area contributed by atoms with Gasteiger partial charge in [0, 0.05) is 19.1 Å². The van der Waals surface area contributed by atoms with Gasteiger partial charge in [0.25, 0.3) is 5.91 Å². The first-order valence-corrected chi connectivity index (χ1v) is 9.68. The van der Waals surface area contributed by atoms with Crippen LogP contribution in [0.4, 0.5) is 10.5 Å². The van der Waals surface area contributed by atoms with Crippen molar-refractivity contribution in [1.29, 1.82) is 0 Å². The number of nitrogens with two attached hydrogens (primary N) is 1. The molecule has 30 heavy (non-hydrogen) atoms. The number of nitrogens with zero attached hydrogens (tertiary/aromatic N) is 1. The van der Waals surface area contributed by atoms with Crippen LogP contribution in [0.3, 0.4) is 0 Å². The van der Waals surface area contributed by atoms with E-state index in [-0.39, 0.29) is 12.1 Å². The van der Waals surface area contributed by atoms with Crippen molar-refractivity contribution in [2.45, 2.75) is 18.9 Å². The van der Waals surface area contributed by atoms with E-state index >= 15 is 0 Å². The van der Waals surface area contributed by atoms with Crippen LogP contribution in [0.5, 0.6) is 11.5 Å². The number of anilines is 1. The average Bonchev–Trinajstić information content (AvgIpc) is 3.22. The summed E-state index contributed by atoms with van der Waals surface area (Å²) in [4.78, 5) is 25.5. The lowest BCUT2D eigenvalue weighted by atomic mass is 9.98. The molecule has 0 spiro atoms. The monoisotopic (exact) mass is 413 g/mol. The number of hydrogen-bond acceptors (Lipinski definition) is 6. The molecule has 3 rings (SSSR count).